The van der Waals surface area contributed by atoms with Crippen LogP contribution in [0, 0.1) is 6.92 Å². The van der Waals surface area contributed by atoms with Crippen molar-refractivity contribution in [2.24, 2.45) is 0 Å². The van der Waals surface area contributed by atoms with E-state index in [1.807, 2.05) is 12.1 Å². The molecule has 5 heteroatoms. The van der Waals surface area contributed by atoms with Gasteiger partial charge >= 0.3 is 0 Å². The molecular weight excluding hydrogens is 328 g/mol. The Morgan fingerprint density at radius 1 is 1.15 bits per heavy atom. The Morgan fingerprint density at radius 3 is 2.88 bits per heavy atom. The number of aromatic nitrogens is 1. The maximum absolute atomic E-state index is 12.9. The van der Waals surface area contributed by atoms with Crippen molar-refractivity contribution in [3.05, 3.63) is 87.7 Å². The van der Waals surface area contributed by atoms with E-state index in [2.05, 4.69) is 13.0 Å². The third kappa shape index (κ3) is 3.08. The summed E-state index contributed by atoms with van der Waals surface area (Å²) in [4.78, 5) is 26.6. The molecular formula is C21H20N2O3. The summed E-state index contributed by atoms with van der Waals surface area (Å²) < 4.78 is 7.29. The van der Waals surface area contributed by atoms with Gasteiger partial charge in [0.2, 0.25) is 0 Å². The zero-order chi connectivity index (χ0) is 18.1. The number of carbonyl (C=O) groups is 1. The molecule has 0 radical (unpaired) electrons. The lowest BCUT2D eigenvalue weighted by molar-refractivity contribution is 0.0956. The van der Waals surface area contributed by atoms with Gasteiger partial charge < -0.3 is 13.9 Å². The topological polar surface area (TPSA) is 55.5 Å². The van der Waals surface area contributed by atoms with Gasteiger partial charge in [0.1, 0.15) is 5.76 Å². The first-order chi connectivity index (χ1) is 12.6. The Balaban J connectivity index is 1.58. The highest BCUT2D eigenvalue weighted by Crippen LogP contribution is 2.29. The monoisotopic (exact) mass is 348 g/mol. The van der Waals surface area contributed by atoms with Crippen molar-refractivity contribution in [2.45, 2.75) is 26.3 Å². The molecule has 0 N–H and O–H groups in total. The number of rotatable bonds is 3. The molecule has 132 valence electrons. The molecule has 5 nitrogen and oxygen atoms in total. The quantitative estimate of drug-likeness (QED) is 0.729. The molecule has 2 aromatic heterocycles. The van der Waals surface area contributed by atoms with Crippen LogP contribution >= 0.6 is 0 Å². The summed E-state index contributed by atoms with van der Waals surface area (Å²) in [6.07, 6.45) is 3.63. The van der Waals surface area contributed by atoms with Gasteiger partial charge in [-0.25, -0.2) is 0 Å². The molecule has 3 heterocycles. The maximum atomic E-state index is 12.9. The number of carbonyl (C=O) groups excluding carboxylic acids is 1. The van der Waals surface area contributed by atoms with Gasteiger partial charge in [-0.15, -0.1) is 0 Å². The van der Waals surface area contributed by atoms with Crippen LogP contribution in [0.1, 0.15) is 33.9 Å². The fraction of sp³-hybridized carbons (Fsp3) is 0.238. The largest absolute Gasteiger partial charge is 0.454 e. The number of hydrogen-bond donors (Lipinski definition) is 0. The van der Waals surface area contributed by atoms with Crippen LogP contribution in [-0.2, 0) is 13.0 Å². The summed E-state index contributed by atoms with van der Waals surface area (Å²) >= 11 is 0. The van der Waals surface area contributed by atoms with E-state index in [1.165, 1.54) is 17.2 Å². The van der Waals surface area contributed by atoms with Crippen LogP contribution in [0.5, 0.6) is 0 Å². The summed E-state index contributed by atoms with van der Waals surface area (Å²) in [5, 5.41) is 0. The molecule has 0 saturated carbocycles. The van der Waals surface area contributed by atoms with Gasteiger partial charge in [-0.1, -0.05) is 23.8 Å². The van der Waals surface area contributed by atoms with E-state index in [1.54, 1.807) is 39.9 Å². The molecule has 4 rings (SSSR count). The molecule has 1 aromatic carbocycles. The lowest BCUT2D eigenvalue weighted by atomic mass is 9.99. The van der Waals surface area contributed by atoms with Gasteiger partial charge in [-0.3, -0.25) is 9.59 Å². The lowest BCUT2D eigenvalue weighted by Crippen LogP contribution is -2.35. The first kappa shape index (κ1) is 16.4. The minimum Gasteiger partial charge on any atom is -0.454 e. The summed E-state index contributed by atoms with van der Waals surface area (Å²) in [6.45, 7) is 3.05. The molecule has 1 amide bonds. The van der Waals surface area contributed by atoms with E-state index < -0.39 is 0 Å². The van der Waals surface area contributed by atoms with E-state index in [4.69, 9.17) is 4.42 Å². The smallest absolute Gasteiger partial charge is 0.293 e. The molecule has 0 atom stereocenters. The van der Waals surface area contributed by atoms with E-state index in [0.717, 1.165) is 18.5 Å². The summed E-state index contributed by atoms with van der Waals surface area (Å²) in [5.74, 6) is 0.752. The first-order valence-electron chi connectivity index (χ1n) is 8.77. The van der Waals surface area contributed by atoms with Crippen molar-refractivity contribution in [1.29, 1.82) is 0 Å². The van der Waals surface area contributed by atoms with E-state index in [9.17, 15) is 9.59 Å². The Kier molecular flexibility index (Phi) is 4.21. The third-order valence-corrected chi connectivity index (χ3v) is 4.70. The number of hydrogen-bond acceptors (Lipinski definition) is 3. The van der Waals surface area contributed by atoms with Crippen molar-refractivity contribution in [3.8, 4) is 0 Å². The van der Waals surface area contributed by atoms with Crippen LogP contribution in [0.25, 0.3) is 0 Å². The van der Waals surface area contributed by atoms with Gasteiger partial charge in [0.15, 0.2) is 5.76 Å². The molecule has 1 aliphatic rings. The van der Waals surface area contributed by atoms with Crippen molar-refractivity contribution < 1.29 is 9.21 Å². The number of benzene rings is 1. The highest BCUT2D eigenvalue weighted by atomic mass is 16.4. The van der Waals surface area contributed by atoms with Crippen molar-refractivity contribution in [1.82, 2.24) is 4.57 Å². The SMILES string of the molecule is Cc1ccc2c(c1)CCCN2C(=O)c1ccc(Cn2ccccc2=O)o1. The number of anilines is 1. The minimum atomic E-state index is -0.138. The predicted octanol–water partition coefficient (Wildman–Crippen LogP) is 3.39. The highest BCUT2D eigenvalue weighted by molar-refractivity contribution is 6.05. The summed E-state index contributed by atoms with van der Waals surface area (Å²) in [5.41, 5.74) is 3.26. The number of amides is 1. The standard InChI is InChI=1S/C21H20N2O3/c1-15-7-9-18-16(13-15)5-4-12-23(18)21(25)19-10-8-17(26-19)14-22-11-3-2-6-20(22)24/h2-3,6-11,13H,4-5,12,14H2,1H3. The number of aryl methyl sites for hydroxylation is 2. The van der Waals surface area contributed by atoms with Gasteiger partial charge in [-0.05, 0) is 49.6 Å². The van der Waals surface area contributed by atoms with E-state index in [0.29, 0.717) is 24.6 Å². The Morgan fingerprint density at radius 2 is 2.04 bits per heavy atom. The average Bonchev–Trinajstić information content (AvgIpc) is 3.11. The number of pyridine rings is 1. The second-order valence-corrected chi connectivity index (χ2v) is 6.63. The fourth-order valence-electron chi connectivity index (χ4n) is 3.41. The van der Waals surface area contributed by atoms with Crippen LogP contribution < -0.4 is 10.5 Å². The predicted molar refractivity (Wildman–Crippen MR) is 99.7 cm³/mol. The number of fused-ring (bicyclic) bond motifs is 1. The Labute approximate surface area is 151 Å². The van der Waals surface area contributed by atoms with Crippen LogP contribution in [0.4, 0.5) is 5.69 Å². The number of furan rings is 1. The molecule has 26 heavy (non-hydrogen) atoms. The van der Waals surface area contributed by atoms with Crippen LogP contribution in [0.2, 0.25) is 0 Å². The third-order valence-electron chi connectivity index (χ3n) is 4.70. The van der Waals surface area contributed by atoms with Crippen LogP contribution in [0.15, 0.2) is 63.9 Å². The molecule has 0 spiro atoms. The summed E-state index contributed by atoms with van der Waals surface area (Å²) in [6, 6.07) is 14.6. The summed E-state index contributed by atoms with van der Waals surface area (Å²) in [7, 11) is 0. The lowest BCUT2D eigenvalue weighted by Gasteiger charge is -2.29. The van der Waals surface area contributed by atoms with Gasteiger partial charge in [0, 0.05) is 24.5 Å². The van der Waals surface area contributed by atoms with Crippen molar-refractivity contribution in [3.63, 3.8) is 0 Å². The highest BCUT2D eigenvalue weighted by Gasteiger charge is 2.25. The maximum Gasteiger partial charge on any atom is 0.293 e. The second-order valence-electron chi connectivity index (χ2n) is 6.63. The Hall–Kier alpha value is -3.08. The van der Waals surface area contributed by atoms with Gasteiger partial charge in [0.05, 0.1) is 6.54 Å². The van der Waals surface area contributed by atoms with Crippen molar-refractivity contribution >= 4 is 11.6 Å². The van der Waals surface area contributed by atoms with Gasteiger partial charge in [0.25, 0.3) is 11.5 Å². The average molecular weight is 348 g/mol. The second kappa shape index (κ2) is 6.67. The molecule has 1 aliphatic heterocycles. The van der Waals surface area contributed by atoms with E-state index in [-0.39, 0.29) is 11.5 Å². The molecule has 0 fully saturated rings. The molecule has 0 aliphatic carbocycles. The molecule has 3 aromatic rings. The zero-order valence-corrected chi connectivity index (χ0v) is 14.6. The normalized spacial score (nSPS) is 13.5. The van der Waals surface area contributed by atoms with Crippen LogP contribution in [0.3, 0.4) is 0 Å². The minimum absolute atomic E-state index is 0.0999. The Bertz CT molecular complexity index is 1020. The van der Waals surface area contributed by atoms with Crippen molar-refractivity contribution in [2.75, 3.05) is 11.4 Å². The molecule has 0 unspecified atom stereocenters. The fourth-order valence-corrected chi connectivity index (χ4v) is 3.41. The molecule has 0 saturated heterocycles. The first-order valence-corrected chi connectivity index (χ1v) is 8.77. The zero-order valence-electron chi connectivity index (χ0n) is 14.6. The van der Waals surface area contributed by atoms with Crippen LogP contribution in [-0.4, -0.2) is 17.0 Å². The number of nitrogens with zero attached hydrogens (tertiary/aromatic N) is 2. The molecule has 0 bridgehead atoms. The van der Waals surface area contributed by atoms with E-state index >= 15 is 0 Å². The van der Waals surface area contributed by atoms with Gasteiger partial charge in [-0.2, -0.15) is 0 Å².